The first-order valence-corrected chi connectivity index (χ1v) is 10.4. The van der Waals surface area contributed by atoms with Gasteiger partial charge in [0.05, 0.1) is 6.61 Å². The molecule has 2 aromatic rings. The monoisotopic (exact) mass is 380 g/mol. The summed E-state index contributed by atoms with van der Waals surface area (Å²) in [6.07, 6.45) is 14.1. The van der Waals surface area contributed by atoms with Crippen LogP contribution in [0.5, 0.6) is 0 Å². The van der Waals surface area contributed by atoms with Gasteiger partial charge in [-0.2, -0.15) is 0 Å². The topological polar surface area (TPSA) is 52.1 Å². The zero-order valence-electron chi connectivity index (χ0n) is 17.4. The van der Waals surface area contributed by atoms with E-state index < -0.39 is 0 Å². The maximum absolute atomic E-state index is 11.7. The molecule has 0 spiro atoms. The number of rotatable bonds is 11. The van der Waals surface area contributed by atoms with Crippen molar-refractivity contribution in [2.75, 3.05) is 6.61 Å². The van der Waals surface area contributed by atoms with Crippen molar-refractivity contribution < 1.29 is 9.53 Å². The van der Waals surface area contributed by atoms with Crippen LogP contribution in [0.1, 0.15) is 64.0 Å². The van der Waals surface area contributed by atoms with Gasteiger partial charge >= 0.3 is 5.97 Å². The van der Waals surface area contributed by atoms with Crippen LogP contribution in [-0.4, -0.2) is 22.5 Å². The Kier molecular flexibility index (Phi) is 9.40. The van der Waals surface area contributed by atoms with Crippen molar-refractivity contribution in [3.8, 4) is 11.4 Å². The second-order valence-electron chi connectivity index (χ2n) is 7.32. The lowest BCUT2D eigenvalue weighted by Gasteiger charge is -2.07. The molecule has 0 aliphatic rings. The molecule has 4 heteroatoms. The van der Waals surface area contributed by atoms with Gasteiger partial charge in [-0.1, -0.05) is 70.7 Å². The number of hydrogen-bond acceptors (Lipinski definition) is 4. The molecule has 0 saturated heterocycles. The molecular weight excluding hydrogens is 348 g/mol. The van der Waals surface area contributed by atoms with E-state index >= 15 is 0 Å². The van der Waals surface area contributed by atoms with Gasteiger partial charge in [0, 0.05) is 24.0 Å². The number of aromatic nitrogens is 2. The van der Waals surface area contributed by atoms with Crippen LogP contribution < -0.4 is 0 Å². The van der Waals surface area contributed by atoms with Gasteiger partial charge in [-0.15, -0.1) is 0 Å². The Morgan fingerprint density at radius 1 is 1.07 bits per heavy atom. The molecule has 150 valence electrons. The Balaban J connectivity index is 1.87. The van der Waals surface area contributed by atoms with Crippen molar-refractivity contribution in [3.05, 3.63) is 53.9 Å². The smallest absolute Gasteiger partial charge is 0.330 e. The molecule has 0 N–H and O–H groups in total. The van der Waals surface area contributed by atoms with Gasteiger partial charge in [0.15, 0.2) is 5.82 Å². The van der Waals surface area contributed by atoms with Crippen LogP contribution in [0.3, 0.4) is 0 Å². The molecule has 1 aromatic heterocycles. The Hall–Kier alpha value is -2.49. The summed E-state index contributed by atoms with van der Waals surface area (Å²) in [7, 11) is 0. The first-order chi connectivity index (χ1) is 13.6. The third-order valence-electron chi connectivity index (χ3n) is 4.81. The molecule has 0 aliphatic carbocycles. The number of aryl methyl sites for hydroxylation is 1. The van der Waals surface area contributed by atoms with Crippen LogP contribution in [0.25, 0.3) is 17.5 Å². The van der Waals surface area contributed by atoms with Crippen molar-refractivity contribution in [1.82, 2.24) is 9.97 Å². The number of benzene rings is 1. The van der Waals surface area contributed by atoms with Crippen molar-refractivity contribution in [3.63, 3.8) is 0 Å². The van der Waals surface area contributed by atoms with Crippen molar-refractivity contribution >= 4 is 12.0 Å². The van der Waals surface area contributed by atoms with Gasteiger partial charge in [-0.25, -0.2) is 14.8 Å². The molecule has 0 amide bonds. The average molecular weight is 381 g/mol. The Morgan fingerprint density at radius 2 is 1.79 bits per heavy atom. The highest BCUT2D eigenvalue weighted by molar-refractivity contribution is 5.87. The van der Waals surface area contributed by atoms with E-state index in [0.29, 0.717) is 12.5 Å². The third kappa shape index (κ3) is 7.63. The first kappa shape index (κ1) is 21.8. The van der Waals surface area contributed by atoms with Gasteiger partial charge in [0.1, 0.15) is 0 Å². The van der Waals surface area contributed by atoms with Gasteiger partial charge in [-0.3, -0.25) is 0 Å². The summed E-state index contributed by atoms with van der Waals surface area (Å²) in [6, 6.07) is 7.85. The lowest BCUT2D eigenvalue weighted by Crippen LogP contribution is -2.08. The lowest BCUT2D eigenvalue weighted by atomic mass is 10.1. The van der Waals surface area contributed by atoms with E-state index in [0.717, 1.165) is 29.8 Å². The van der Waals surface area contributed by atoms with E-state index in [-0.39, 0.29) is 5.97 Å². The maximum atomic E-state index is 11.7. The predicted octanol–water partition coefficient (Wildman–Crippen LogP) is 5.87. The van der Waals surface area contributed by atoms with E-state index in [9.17, 15) is 4.79 Å². The fraction of sp³-hybridized carbons (Fsp3) is 0.458. The van der Waals surface area contributed by atoms with Crippen LogP contribution in [-0.2, 0) is 16.0 Å². The SMILES string of the molecule is CCCCCCc1cnc(-c2ccc(C=CC(=O)OCC(C)CC)cc2)nc1. The molecule has 0 fully saturated rings. The van der Waals surface area contributed by atoms with Crippen molar-refractivity contribution in [2.45, 2.75) is 59.3 Å². The molecule has 0 aliphatic heterocycles. The highest BCUT2D eigenvalue weighted by Gasteiger charge is 2.04. The zero-order chi connectivity index (χ0) is 20.2. The molecule has 1 aromatic carbocycles. The summed E-state index contributed by atoms with van der Waals surface area (Å²) in [6.45, 7) is 6.83. The van der Waals surface area contributed by atoms with E-state index in [1.54, 1.807) is 6.08 Å². The van der Waals surface area contributed by atoms with E-state index in [1.165, 1.54) is 37.3 Å². The summed E-state index contributed by atoms with van der Waals surface area (Å²) in [5, 5.41) is 0. The molecule has 0 saturated carbocycles. The maximum Gasteiger partial charge on any atom is 0.330 e. The second-order valence-corrected chi connectivity index (χ2v) is 7.32. The molecule has 1 unspecified atom stereocenters. The fourth-order valence-electron chi connectivity index (χ4n) is 2.69. The Bertz CT molecular complexity index is 736. The van der Waals surface area contributed by atoms with Crippen LogP contribution >= 0.6 is 0 Å². The molecule has 1 heterocycles. The number of carbonyl (C=O) groups excluding carboxylic acids is 1. The Labute approximate surface area is 169 Å². The number of nitrogens with zero attached hydrogens (tertiary/aromatic N) is 2. The molecule has 2 rings (SSSR count). The molecule has 4 nitrogen and oxygen atoms in total. The second kappa shape index (κ2) is 12.1. The van der Waals surface area contributed by atoms with E-state index in [2.05, 4.69) is 30.7 Å². The third-order valence-corrected chi connectivity index (χ3v) is 4.81. The van der Waals surface area contributed by atoms with Crippen LogP contribution in [0.2, 0.25) is 0 Å². The van der Waals surface area contributed by atoms with Crippen LogP contribution in [0, 0.1) is 5.92 Å². The number of carbonyl (C=O) groups is 1. The number of unbranched alkanes of at least 4 members (excludes halogenated alkanes) is 3. The molecule has 0 bridgehead atoms. The first-order valence-electron chi connectivity index (χ1n) is 10.4. The average Bonchev–Trinajstić information content (AvgIpc) is 2.74. The minimum absolute atomic E-state index is 0.303. The molecule has 28 heavy (non-hydrogen) atoms. The summed E-state index contributed by atoms with van der Waals surface area (Å²) in [5.74, 6) is 0.808. The van der Waals surface area contributed by atoms with Crippen molar-refractivity contribution in [1.29, 1.82) is 0 Å². The normalized spacial score (nSPS) is 12.2. The fourth-order valence-corrected chi connectivity index (χ4v) is 2.69. The largest absolute Gasteiger partial charge is 0.462 e. The summed E-state index contributed by atoms with van der Waals surface area (Å²) in [5.41, 5.74) is 3.10. The predicted molar refractivity (Wildman–Crippen MR) is 115 cm³/mol. The van der Waals surface area contributed by atoms with Gasteiger partial charge in [0.25, 0.3) is 0 Å². The molecular formula is C24H32N2O2. The summed E-state index contributed by atoms with van der Waals surface area (Å²) in [4.78, 5) is 20.7. The van der Waals surface area contributed by atoms with Gasteiger partial charge in [0.2, 0.25) is 0 Å². The highest BCUT2D eigenvalue weighted by Crippen LogP contribution is 2.17. The molecule has 0 radical (unpaired) electrons. The number of esters is 1. The minimum Gasteiger partial charge on any atom is -0.462 e. The number of ether oxygens (including phenoxy) is 1. The van der Waals surface area contributed by atoms with Crippen LogP contribution in [0.15, 0.2) is 42.7 Å². The molecule has 1 atom stereocenters. The Morgan fingerprint density at radius 3 is 2.43 bits per heavy atom. The van der Waals surface area contributed by atoms with Gasteiger partial charge < -0.3 is 4.74 Å². The number of hydrogen-bond donors (Lipinski definition) is 0. The zero-order valence-corrected chi connectivity index (χ0v) is 17.4. The standard InChI is InChI=1S/C24H32N2O2/c1-4-6-7-8-9-21-16-25-24(26-17-21)22-13-10-20(11-14-22)12-15-23(27)28-18-19(3)5-2/h10-17,19H,4-9,18H2,1-3H3. The minimum atomic E-state index is -0.303. The summed E-state index contributed by atoms with van der Waals surface area (Å²) < 4.78 is 5.22. The van der Waals surface area contributed by atoms with Gasteiger partial charge in [-0.05, 0) is 36.0 Å². The lowest BCUT2D eigenvalue weighted by molar-refractivity contribution is -0.138. The van der Waals surface area contributed by atoms with Crippen LogP contribution in [0.4, 0.5) is 0 Å². The van der Waals surface area contributed by atoms with E-state index in [4.69, 9.17) is 4.74 Å². The quantitative estimate of drug-likeness (QED) is 0.278. The summed E-state index contributed by atoms with van der Waals surface area (Å²) >= 11 is 0. The van der Waals surface area contributed by atoms with E-state index in [1.807, 2.05) is 36.7 Å². The highest BCUT2D eigenvalue weighted by atomic mass is 16.5. The van der Waals surface area contributed by atoms with Crippen molar-refractivity contribution in [2.24, 2.45) is 5.92 Å².